The second-order valence-electron chi connectivity index (χ2n) is 4.55. The van der Waals surface area contributed by atoms with Crippen LogP contribution in [0.25, 0.3) is 0 Å². The van der Waals surface area contributed by atoms with Crippen LogP contribution < -0.4 is 0 Å². The molecule has 0 radical (unpaired) electrons. The molecule has 0 aromatic carbocycles. The van der Waals surface area contributed by atoms with Crippen molar-refractivity contribution in [1.29, 1.82) is 0 Å². The molecule has 0 aromatic rings. The predicted octanol–water partition coefficient (Wildman–Crippen LogP) is 4.01. The van der Waals surface area contributed by atoms with Gasteiger partial charge in [0.15, 0.2) is 0 Å². The minimum Gasteiger partial charge on any atom is -0.103 e. The Bertz CT molecular complexity index is 149. The van der Waals surface area contributed by atoms with Crippen molar-refractivity contribution in [2.75, 3.05) is 0 Å². The zero-order valence-corrected chi connectivity index (χ0v) is 9.04. The molecule has 0 heteroatoms. The lowest BCUT2D eigenvalue weighted by atomic mass is 9.93. The van der Waals surface area contributed by atoms with E-state index in [1.54, 1.807) is 0 Å². The molecule has 0 fully saturated rings. The summed E-state index contributed by atoms with van der Waals surface area (Å²) in [5.41, 5.74) is 0.373. The van der Waals surface area contributed by atoms with Crippen LogP contribution in [-0.2, 0) is 0 Å². The zero-order valence-electron chi connectivity index (χ0n) is 9.04. The summed E-state index contributed by atoms with van der Waals surface area (Å²) in [5.74, 6) is 6.46. The van der Waals surface area contributed by atoms with E-state index in [4.69, 9.17) is 0 Å². The highest BCUT2D eigenvalue weighted by Gasteiger charge is 2.06. The molecule has 0 amide bonds. The summed E-state index contributed by atoms with van der Waals surface area (Å²) in [5, 5.41) is 0. The van der Waals surface area contributed by atoms with Crippen molar-refractivity contribution in [2.45, 2.75) is 59.8 Å². The van der Waals surface area contributed by atoms with Crippen molar-refractivity contribution in [3.05, 3.63) is 0 Å². The predicted molar refractivity (Wildman–Crippen MR) is 56.0 cm³/mol. The van der Waals surface area contributed by atoms with Crippen molar-refractivity contribution >= 4 is 0 Å². The van der Waals surface area contributed by atoms with Gasteiger partial charge in [-0.05, 0) is 11.8 Å². The van der Waals surface area contributed by atoms with Crippen molar-refractivity contribution in [3.8, 4) is 11.8 Å². The number of hydrogen-bond donors (Lipinski definition) is 0. The molecule has 0 aliphatic rings. The Kier molecular flexibility index (Phi) is 5.89. The van der Waals surface area contributed by atoms with Gasteiger partial charge in [-0.25, -0.2) is 0 Å². The third-order valence-corrected chi connectivity index (χ3v) is 1.65. The van der Waals surface area contributed by atoms with Gasteiger partial charge in [-0.15, -0.1) is 11.8 Å². The highest BCUT2D eigenvalue weighted by atomic mass is 14.1. The number of hydrogen-bond acceptors (Lipinski definition) is 0. The van der Waals surface area contributed by atoms with E-state index in [0.717, 1.165) is 12.8 Å². The van der Waals surface area contributed by atoms with E-state index in [9.17, 15) is 0 Å². The van der Waals surface area contributed by atoms with Crippen LogP contribution in [0.5, 0.6) is 0 Å². The molecule has 0 nitrogen and oxygen atoms in total. The first-order valence-corrected chi connectivity index (χ1v) is 5.02. The lowest BCUT2D eigenvalue weighted by Gasteiger charge is -2.12. The van der Waals surface area contributed by atoms with Gasteiger partial charge in [0, 0.05) is 12.8 Å². The fourth-order valence-corrected chi connectivity index (χ4v) is 0.879. The normalized spacial score (nSPS) is 10.7. The average Bonchev–Trinajstić information content (AvgIpc) is 1.94. The van der Waals surface area contributed by atoms with Crippen LogP contribution in [0.1, 0.15) is 59.8 Å². The molecule has 0 N–H and O–H groups in total. The first kappa shape index (κ1) is 11.6. The Morgan fingerprint density at radius 2 is 1.67 bits per heavy atom. The van der Waals surface area contributed by atoms with Gasteiger partial charge in [0.2, 0.25) is 0 Å². The van der Waals surface area contributed by atoms with Gasteiger partial charge in [-0.3, -0.25) is 0 Å². The van der Waals surface area contributed by atoms with Gasteiger partial charge >= 0.3 is 0 Å². The van der Waals surface area contributed by atoms with Crippen molar-refractivity contribution in [1.82, 2.24) is 0 Å². The monoisotopic (exact) mass is 166 g/mol. The molecular weight excluding hydrogens is 144 g/mol. The summed E-state index contributed by atoms with van der Waals surface area (Å²) >= 11 is 0. The summed E-state index contributed by atoms with van der Waals surface area (Å²) in [7, 11) is 0. The molecule has 0 aliphatic carbocycles. The maximum absolute atomic E-state index is 3.23. The topological polar surface area (TPSA) is 0 Å². The van der Waals surface area contributed by atoms with Crippen molar-refractivity contribution < 1.29 is 0 Å². The van der Waals surface area contributed by atoms with Gasteiger partial charge in [-0.1, -0.05) is 40.5 Å². The SMILES string of the molecule is CCCCCC#CCC(C)(C)C. The standard InChI is InChI=1S/C12H22/c1-5-6-7-8-9-10-11-12(2,3)4/h5-8,11H2,1-4H3. The van der Waals surface area contributed by atoms with E-state index in [0.29, 0.717) is 5.41 Å². The molecule has 0 saturated carbocycles. The van der Waals surface area contributed by atoms with Crippen molar-refractivity contribution in [2.24, 2.45) is 5.41 Å². The molecule has 0 saturated heterocycles. The lowest BCUT2D eigenvalue weighted by molar-refractivity contribution is 0.427. The van der Waals surface area contributed by atoms with Crippen molar-refractivity contribution in [3.63, 3.8) is 0 Å². The van der Waals surface area contributed by atoms with Gasteiger partial charge in [-0.2, -0.15) is 0 Å². The van der Waals surface area contributed by atoms with E-state index in [2.05, 4.69) is 39.5 Å². The Morgan fingerprint density at radius 1 is 1.00 bits per heavy atom. The Morgan fingerprint density at radius 3 is 2.17 bits per heavy atom. The van der Waals surface area contributed by atoms with Crippen LogP contribution >= 0.6 is 0 Å². The molecule has 0 heterocycles. The molecule has 0 spiro atoms. The molecule has 0 rings (SSSR count). The quantitative estimate of drug-likeness (QED) is 0.439. The van der Waals surface area contributed by atoms with Crippen LogP contribution in [0, 0.1) is 17.3 Å². The van der Waals surface area contributed by atoms with E-state index in [-0.39, 0.29) is 0 Å². The Balaban J connectivity index is 3.35. The molecule has 0 aliphatic heterocycles. The number of unbranched alkanes of at least 4 members (excludes halogenated alkanes) is 3. The summed E-state index contributed by atoms with van der Waals surface area (Å²) in [6.07, 6.45) is 6.00. The molecule has 0 aromatic heterocycles. The molecule has 0 unspecified atom stereocenters. The first-order chi connectivity index (χ1) is 5.56. The van der Waals surface area contributed by atoms with Crippen LogP contribution in [0.4, 0.5) is 0 Å². The number of rotatable bonds is 3. The summed E-state index contributed by atoms with van der Waals surface area (Å²) < 4.78 is 0. The third-order valence-electron chi connectivity index (χ3n) is 1.65. The minimum atomic E-state index is 0.373. The second-order valence-corrected chi connectivity index (χ2v) is 4.55. The lowest BCUT2D eigenvalue weighted by Crippen LogP contribution is -2.01. The fourth-order valence-electron chi connectivity index (χ4n) is 0.879. The second kappa shape index (κ2) is 6.12. The largest absolute Gasteiger partial charge is 0.103 e. The fraction of sp³-hybridized carbons (Fsp3) is 0.833. The first-order valence-electron chi connectivity index (χ1n) is 5.02. The Hall–Kier alpha value is -0.440. The van der Waals surface area contributed by atoms with Crippen LogP contribution in [0.2, 0.25) is 0 Å². The van der Waals surface area contributed by atoms with Gasteiger partial charge in [0.05, 0.1) is 0 Å². The van der Waals surface area contributed by atoms with Gasteiger partial charge in [0.25, 0.3) is 0 Å². The molecular formula is C12H22. The van der Waals surface area contributed by atoms with Crippen LogP contribution in [-0.4, -0.2) is 0 Å². The van der Waals surface area contributed by atoms with E-state index in [1.165, 1.54) is 19.3 Å². The van der Waals surface area contributed by atoms with Crippen LogP contribution in [0.3, 0.4) is 0 Å². The van der Waals surface area contributed by atoms with Gasteiger partial charge in [0.1, 0.15) is 0 Å². The average molecular weight is 166 g/mol. The highest BCUT2D eigenvalue weighted by Crippen LogP contribution is 2.16. The molecule has 0 bridgehead atoms. The minimum absolute atomic E-state index is 0.373. The maximum Gasteiger partial charge on any atom is 0.0137 e. The van der Waals surface area contributed by atoms with E-state index >= 15 is 0 Å². The summed E-state index contributed by atoms with van der Waals surface area (Å²) in [6.45, 7) is 8.91. The molecule has 70 valence electrons. The highest BCUT2D eigenvalue weighted by molar-refractivity contribution is 5.00. The third kappa shape index (κ3) is 9.56. The zero-order chi connectivity index (χ0) is 9.45. The summed E-state index contributed by atoms with van der Waals surface area (Å²) in [6, 6.07) is 0. The maximum atomic E-state index is 3.23. The van der Waals surface area contributed by atoms with Gasteiger partial charge < -0.3 is 0 Å². The molecule has 12 heavy (non-hydrogen) atoms. The summed E-state index contributed by atoms with van der Waals surface area (Å²) in [4.78, 5) is 0. The Labute approximate surface area is 77.8 Å². The smallest absolute Gasteiger partial charge is 0.0137 e. The van der Waals surface area contributed by atoms with E-state index in [1.807, 2.05) is 0 Å². The van der Waals surface area contributed by atoms with Crippen LogP contribution in [0.15, 0.2) is 0 Å². The van der Waals surface area contributed by atoms with E-state index < -0.39 is 0 Å². The molecule has 0 atom stereocenters.